The fourth-order valence-corrected chi connectivity index (χ4v) is 4.09. The SMILES string of the molecule is COc1cc(OC)c(/C(O)=C2\C(=O)C(=O)N(CCCOC(C)C)C2c2ccc(F)cc2)cc1Cl. The van der Waals surface area contributed by atoms with Crippen LogP contribution >= 0.6 is 11.6 Å². The van der Waals surface area contributed by atoms with E-state index in [0.717, 1.165) is 0 Å². The number of Topliss-reactive ketones (excluding diaryl/α,β-unsaturated/α-hetero) is 1. The highest BCUT2D eigenvalue weighted by molar-refractivity contribution is 6.46. The molecule has 2 aromatic rings. The summed E-state index contributed by atoms with van der Waals surface area (Å²) in [4.78, 5) is 27.5. The van der Waals surface area contributed by atoms with Gasteiger partial charge in [-0.1, -0.05) is 23.7 Å². The molecule has 1 aliphatic heterocycles. The summed E-state index contributed by atoms with van der Waals surface area (Å²) < 4.78 is 29.7. The fraction of sp³-hybridized carbons (Fsp3) is 0.360. The molecule has 0 radical (unpaired) electrons. The number of rotatable bonds is 9. The molecule has 1 atom stereocenters. The Hall–Kier alpha value is -3.10. The average molecular weight is 492 g/mol. The van der Waals surface area contributed by atoms with Crippen molar-refractivity contribution in [2.24, 2.45) is 0 Å². The standard InChI is InChI=1S/C25H27ClFNO6/c1-14(2)34-11-5-10-28-22(15-6-8-16(27)9-7-15)21(24(30)25(28)31)23(29)17-12-18(26)20(33-4)13-19(17)32-3/h6-9,12-14,22,29H,5,10-11H2,1-4H3/b23-21+. The summed E-state index contributed by atoms with van der Waals surface area (Å²) in [6.45, 7) is 4.39. The van der Waals surface area contributed by atoms with Crippen molar-refractivity contribution in [2.45, 2.75) is 32.4 Å². The molecular formula is C25H27ClFNO6. The van der Waals surface area contributed by atoms with Crippen molar-refractivity contribution in [3.8, 4) is 11.5 Å². The van der Waals surface area contributed by atoms with Crippen LogP contribution in [-0.2, 0) is 14.3 Å². The summed E-state index contributed by atoms with van der Waals surface area (Å²) in [6, 6.07) is 7.39. The molecular weight excluding hydrogens is 465 g/mol. The van der Waals surface area contributed by atoms with Gasteiger partial charge in [-0.05, 0) is 44.0 Å². The summed E-state index contributed by atoms with van der Waals surface area (Å²) >= 11 is 6.25. The molecule has 1 amide bonds. The largest absolute Gasteiger partial charge is 0.507 e. The van der Waals surface area contributed by atoms with E-state index in [1.807, 2.05) is 13.8 Å². The van der Waals surface area contributed by atoms with E-state index in [9.17, 15) is 19.1 Å². The lowest BCUT2D eigenvalue weighted by atomic mass is 9.95. The number of carbonyl (C=O) groups excluding carboxylic acids is 2. The number of nitrogens with zero attached hydrogens (tertiary/aromatic N) is 1. The second-order valence-corrected chi connectivity index (χ2v) is 8.41. The van der Waals surface area contributed by atoms with Crippen LogP contribution in [0.5, 0.6) is 11.5 Å². The number of ether oxygens (including phenoxy) is 3. The van der Waals surface area contributed by atoms with Gasteiger partial charge in [0, 0.05) is 19.2 Å². The Bertz CT molecular complexity index is 1100. The predicted molar refractivity (Wildman–Crippen MR) is 126 cm³/mol. The van der Waals surface area contributed by atoms with Crippen molar-refractivity contribution in [3.63, 3.8) is 0 Å². The first-order valence-corrected chi connectivity index (χ1v) is 11.1. The van der Waals surface area contributed by atoms with Crippen molar-refractivity contribution in [1.82, 2.24) is 4.90 Å². The van der Waals surface area contributed by atoms with Gasteiger partial charge in [-0.25, -0.2) is 4.39 Å². The maximum atomic E-state index is 13.6. The van der Waals surface area contributed by atoms with Crippen LogP contribution in [-0.4, -0.2) is 55.2 Å². The molecule has 7 nitrogen and oxygen atoms in total. The topological polar surface area (TPSA) is 85.3 Å². The molecule has 2 aromatic carbocycles. The molecule has 1 fully saturated rings. The number of carbonyl (C=O) groups is 2. The number of likely N-dealkylation sites (tertiary alicyclic amines) is 1. The lowest BCUT2D eigenvalue weighted by Gasteiger charge is -2.25. The van der Waals surface area contributed by atoms with Crippen LogP contribution in [0.15, 0.2) is 42.0 Å². The highest BCUT2D eigenvalue weighted by atomic mass is 35.5. The Morgan fingerprint density at radius 1 is 1.12 bits per heavy atom. The number of methoxy groups -OCH3 is 2. The minimum absolute atomic E-state index is 0.0237. The lowest BCUT2D eigenvalue weighted by molar-refractivity contribution is -0.140. The second-order valence-electron chi connectivity index (χ2n) is 8.00. The van der Waals surface area contributed by atoms with E-state index < -0.39 is 29.3 Å². The van der Waals surface area contributed by atoms with Gasteiger partial charge < -0.3 is 24.2 Å². The monoisotopic (exact) mass is 491 g/mol. The summed E-state index contributed by atoms with van der Waals surface area (Å²) in [5.41, 5.74) is 0.466. The number of aliphatic hydroxyl groups excluding tert-OH is 1. The maximum absolute atomic E-state index is 13.6. The van der Waals surface area contributed by atoms with Crippen molar-refractivity contribution in [1.29, 1.82) is 0 Å². The van der Waals surface area contributed by atoms with Gasteiger partial charge in [-0.15, -0.1) is 0 Å². The van der Waals surface area contributed by atoms with Crippen LogP contribution in [0, 0.1) is 5.82 Å². The first-order valence-electron chi connectivity index (χ1n) is 10.8. The van der Waals surface area contributed by atoms with E-state index in [-0.39, 0.29) is 34.6 Å². The highest BCUT2D eigenvalue weighted by Crippen LogP contribution is 2.43. The second kappa shape index (κ2) is 10.9. The number of hydrogen-bond acceptors (Lipinski definition) is 6. The molecule has 0 bridgehead atoms. The first-order chi connectivity index (χ1) is 16.2. The van der Waals surface area contributed by atoms with E-state index >= 15 is 0 Å². The molecule has 0 spiro atoms. The molecule has 1 N–H and O–H groups in total. The van der Waals surface area contributed by atoms with Gasteiger partial charge in [0.05, 0.1) is 42.5 Å². The first kappa shape index (κ1) is 25.5. The van der Waals surface area contributed by atoms with E-state index in [1.165, 1.54) is 55.5 Å². The summed E-state index contributed by atoms with van der Waals surface area (Å²) in [5.74, 6) is -2.02. The molecule has 34 heavy (non-hydrogen) atoms. The number of hydrogen-bond donors (Lipinski definition) is 1. The number of benzene rings is 2. The summed E-state index contributed by atoms with van der Waals surface area (Å²) in [5, 5.41) is 11.4. The van der Waals surface area contributed by atoms with Crippen molar-refractivity contribution >= 4 is 29.1 Å². The van der Waals surface area contributed by atoms with Gasteiger partial charge in [0.25, 0.3) is 11.7 Å². The lowest BCUT2D eigenvalue weighted by Crippen LogP contribution is -2.31. The highest BCUT2D eigenvalue weighted by Gasteiger charge is 2.46. The quantitative estimate of drug-likeness (QED) is 0.236. The molecule has 1 saturated heterocycles. The van der Waals surface area contributed by atoms with Gasteiger partial charge in [0.2, 0.25) is 0 Å². The molecule has 182 valence electrons. The van der Waals surface area contributed by atoms with E-state index in [2.05, 4.69) is 0 Å². The van der Waals surface area contributed by atoms with E-state index in [0.29, 0.717) is 24.3 Å². The van der Waals surface area contributed by atoms with Gasteiger partial charge in [0.1, 0.15) is 23.1 Å². The van der Waals surface area contributed by atoms with E-state index in [4.69, 9.17) is 25.8 Å². The zero-order valence-corrected chi connectivity index (χ0v) is 20.2. The Labute approximate surface area is 202 Å². The third-order valence-corrected chi connectivity index (χ3v) is 5.74. The summed E-state index contributed by atoms with van der Waals surface area (Å²) in [7, 11) is 2.83. The zero-order valence-electron chi connectivity index (χ0n) is 19.4. The average Bonchev–Trinajstić information content (AvgIpc) is 3.06. The third-order valence-electron chi connectivity index (χ3n) is 5.45. The van der Waals surface area contributed by atoms with Gasteiger partial charge in [-0.2, -0.15) is 0 Å². The third kappa shape index (κ3) is 5.18. The Morgan fingerprint density at radius 2 is 1.76 bits per heavy atom. The molecule has 3 rings (SSSR count). The van der Waals surface area contributed by atoms with Crippen LogP contribution < -0.4 is 9.47 Å². The molecule has 1 unspecified atom stereocenters. The Balaban J connectivity index is 2.12. The van der Waals surface area contributed by atoms with E-state index in [1.54, 1.807) is 0 Å². The van der Waals surface area contributed by atoms with Crippen molar-refractivity contribution in [3.05, 3.63) is 63.9 Å². The smallest absolute Gasteiger partial charge is 0.295 e. The fourth-order valence-electron chi connectivity index (χ4n) is 3.85. The molecule has 0 aliphatic carbocycles. The minimum Gasteiger partial charge on any atom is -0.507 e. The molecule has 1 heterocycles. The van der Waals surface area contributed by atoms with Crippen LogP contribution in [0.4, 0.5) is 4.39 Å². The number of ketones is 1. The van der Waals surface area contributed by atoms with Gasteiger partial charge in [0.15, 0.2) is 0 Å². The Kier molecular flexibility index (Phi) is 8.17. The summed E-state index contributed by atoms with van der Waals surface area (Å²) in [6.07, 6.45) is 0.497. The minimum atomic E-state index is -0.926. The molecule has 1 aliphatic rings. The van der Waals surface area contributed by atoms with Crippen LogP contribution in [0.1, 0.15) is 37.4 Å². The number of aliphatic hydroxyl groups is 1. The molecule has 9 heteroatoms. The predicted octanol–water partition coefficient (Wildman–Crippen LogP) is 4.73. The van der Waals surface area contributed by atoms with Crippen LogP contribution in [0.25, 0.3) is 5.76 Å². The van der Waals surface area contributed by atoms with Crippen LogP contribution in [0.3, 0.4) is 0 Å². The Morgan fingerprint density at radius 3 is 2.35 bits per heavy atom. The number of halogens is 2. The molecule has 0 aromatic heterocycles. The molecule has 0 saturated carbocycles. The van der Waals surface area contributed by atoms with Crippen LogP contribution in [0.2, 0.25) is 5.02 Å². The zero-order chi connectivity index (χ0) is 25.0. The van der Waals surface area contributed by atoms with Gasteiger partial charge in [-0.3, -0.25) is 9.59 Å². The maximum Gasteiger partial charge on any atom is 0.295 e. The normalized spacial score (nSPS) is 17.5. The van der Waals surface area contributed by atoms with Gasteiger partial charge >= 0.3 is 0 Å². The van der Waals surface area contributed by atoms with Crippen molar-refractivity contribution < 1.29 is 33.3 Å². The number of amides is 1. The van der Waals surface area contributed by atoms with Crippen molar-refractivity contribution in [2.75, 3.05) is 27.4 Å².